The van der Waals surface area contributed by atoms with Gasteiger partial charge in [-0.2, -0.15) is 10.2 Å². The number of nitrogens with zero attached hydrogens (tertiary/aromatic N) is 4. The van der Waals surface area contributed by atoms with Crippen molar-refractivity contribution in [2.75, 3.05) is 4.90 Å². The lowest BCUT2D eigenvalue weighted by Gasteiger charge is -2.29. The van der Waals surface area contributed by atoms with E-state index in [9.17, 15) is 10.1 Å². The third kappa shape index (κ3) is 4.63. The van der Waals surface area contributed by atoms with Crippen LogP contribution < -0.4 is 4.90 Å². The first-order valence-corrected chi connectivity index (χ1v) is 16.2. The molecule has 0 unspecified atom stereocenters. The highest BCUT2D eigenvalue weighted by Crippen LogP contribution is 2.53. The van der Waals surface area contributed by atoms with Gasteiger partial charge in [-0.25, -0.2) is 0 Å². The van der Waals surface area contributed by atoms with Gasteiger partial charge in [0, 0.05) is 40.0 Å². The van der Waals surface area contributed by atoms with Crippen LogP contribution in [0.3, 0.4) is 0 Å². The summed E-state index contributed by atoms with van der Waals surface area (Å²) in [6.07, 6.45) is 0. The van der Waals surface area contributed by atoms with Crippen LogP contribution in [0.5, 0.6) is 0 Å². The summed E-state index contributed by atoms with van der Waals surface area (Å²) in [7, 11) is 0. The molecule has 0 heterocycles. The van der Waals surface area contributed by atoms with Crippen molar-refractivity contribution in [2.45, 2.75) is 38.5 Å². The zero-order chi connectivity index (χ0) is 33.2. The molecule has 0 aromatic heterocycles. The van der Waals surface area contributed by atoms with E-state index in [1.54, 1.807) is 12.1 Å². The lowest BCUT2D eigenvalue weighted by Crippen LogP contribution is -2.18. The molecular formula is C42H34N4O2. The van der Waals surface area contributed by atoms with Gasteiger partial charge in [0.1, 0.15) is 0 Å². The number of hydrogen-bond donors (Lipinski definition) is 0. The van der Waals surface area contributed by atoms with Crippen LogP contribution in [0.15, 0.2) is 144 Å². The predicted molar refractivity (Wildman–Crippen MR) is 194 cm³/mol. The smallest absolute Gasteiger partial charge is 0.269 e. The van der Waals surface area contributed by atoms with Crippen LogP contribution in [-0.2, 0) is 10.8 Å². The minimum Gasteiger partial charge on any atom is -0.310 e. The van der Waals surface area contributed by atoms with E-state index in [1.165, 1.54) is 56.6 Å². The molecule has 2 aliphatic carbocycles. The first kappa shape index (κ1) is 29.5. The molecular weight excluding hydrogens is 592 g/mol. The Morgan fingerprint density at radius 1 is 0.500 bits per heavy atom. The summed E-state index contributed by atoms with van der Waals surface area (Å²) < 4.78 is 0. The van der Waals surface area contributed by atoms with Crippen molar-refractivity contribution in [3.05, 3.63) is 166 Å². The summed E-state index contributed by atoms with van der Waals surface area (Å²) in [6, 6.07) is 45.3. The van der Waals surface area contributed by atoms with Gasteiger partial charge in [0.05, 0.1) is 16.3 Å². The molecule has 0 atom stereocenters. The van der Waals surface area contributed by atoms with E-state index in [0.29, 0.717) is 11.4 Å². The topological polar surface area (TPSA) is 71.1 Å². The van der Waals surface area contributed by atoms with E-state index in [0.717, 1.165) is 17.1 Å². The summed E-state index contributed by atoms with van der Waals surface area (Å²) in [5.74, 6) is 0. The van der Waals surface area contributed by atoms with Crippen molar-refractivity contribution in [3.63, 3.8) is 0 Å². The van der Waals surface area contributed by atoms with E-state index in [2.05, 4.69) is 140 Å². The highest BCUT2D eigenvalue weighted by Gasteiger charge is 2.37. The fraction of sp³-hybridized carbons (Fsp3) is 0.143. The van der Waals surface area contributed by atoms with Crippen molar-refractivity contribution in [1.29, 1.82) is 0 Å². The molecule has 234 valence electrons. The van der Waals surface area contributed by atoms with E-state index in [-0.39, 0.29) is 16.5 Å². The van der Waals surface area contributed by atoms with Crippen molar-refractivity contribution in [1.82, 2.24) is 0 Å². The molecule has 0 aliphatic heterocycles. The van der Waals surface area contributed by atoms with E-state index in [4.69, 9.17) is 0 Å². The van der Waals surface area contributed by atoms with Crippen LogP contribution in [0.2, 0.25) is 0 Å². The Hall–Kier alpha value is -5.88. The highest BCUT2D eigenvalue weighted by atomic mass is 16.6. The first-order chi connectivity index (χ1) is 23.1. The molecule has 0 bridgehead atoms. The zero-order valence-electron chi connectivity index (χ0n) is 27.3. The maximum Gasteiger partial charge on any atom is 0.269 e. The number of hydrogen-bond acceptors (Lipinski definition) is 5. The van der Waals surface area contributed by atoms with Crippen LogP contribution >= 0.6 is 0 Å². The maximum atomic E-state index is 11.0. The van der Waals surface area contributed by atoms with Gasteiger partial charge in [-0.1, -0.05) is 88.4 Å². The van der Waals surface area contributed by atoms with E-state index in [1.807, 2.05) is 12.1 Å². The number of fused-ring (bicyclic) bond motifs is 6. The standard InChI is InChI=1S/C42H34N4O2/c1-41(2)37-11-7-5-9-33(37)35-23-21-31(25-39(35)41)45(32-22-24-36-34-10-6-8-12-38(34)42(3,4)40(36)26-32)29-17-13-27(14-18-29)43-44-28-15-19-30(20-16-28)46(47)48/h5-26H,1-4H3. The molecule has 0 saturated heterocycles. The minimum atomic E-state index is -0.424. The molecule has 0 spiro atoms. The molecule has 6 heteroatoms. The largest absolute Gasteiger partial charge is 0.310 e. The quantitative estimate of drug-likeness (QED) is 0.105. The Bertz CT molecular complexity index is 2160. The average molecular weight is 627 g/mol. The van der Waals surface area contributed by atoms with Crippen molar-refractivity contribution >= 4 is 34.1 Å². The summed E-state index contributed by atoms with van der Waals surface area (Å²) in [6.45, 7) is 9.24. The lowest BCUT2D eigenvalue weighted by molar-refractivity contribution is -0.384. The number of rotatable bonds is 6. The SMILES string of the molecule is CC1(C)c2ccccc2-c2ccc(N(c3ccc(N=Nc4ccc([N+](=O)[O-])cc4)cc3)c3ccc4c(c3)C(C)(C)c3ccccc3-4)cc21. The molecule has 0 fully saturated rings. The molecule has 6 aromatic carbocycles. The Kier molecular flexibility index (Phi) is 6.67. The van der Waals surface area contributed by atoms with Gasteiger partial charge in [0.25, 0.3) is 5.69 Å². The predicted octanol–water partition coefficient (Wildman–Crippen LogP) is 12.1. The Morgan fingerprint density at radius 2 is 0.896 bits per heavy atom. The second kappa shape index (κ2) is 10.8. The maximum absolute atomic E-state index is 11.0. The van der Waals surface area contributed by atoms with Crippen molar-refractivity contribution in [3.8, 4) is 22.3 Å². The van der Waals surface area contributed by atoms with Crippen LogP contribution in [0, 0.1) is 10.1 Å². The van der Waals surface area contributed by atoms with Crippen LogP contribution in [0.25, 0.3) is 22.3 Å². The third-order valence-electron chi connectivity index (χ3n) is 10.1. The van der Waals surface area contributed by atoms with Gasteiger partial charge in [0.2, 0.25) is 0 Å². The second-order valence-electron chi connectivity index (χ2n) is 13.6. The van der Waals surface area contributed by atoms with Crippen LogP contribution in [-0.4, -0.2) is 4.92 Å². The highest BCUT2D eigenvalue weighted by molar-refractivity contribution is 5.88. The molecule has 0 saturated carbocycles. The Morgan fingerprint density at radius 3 is 1.35 bits per heavy atom. The fourth-order valence-electron chi connectivity index (χ4n) is 7.53. The summed E-state index contributed by atoms with van der Waals surface area (Å²) >= 11 is 0. The van der Waals surface area contributed by atoms with Crippen molar-refractivity contribution < 1.29 is 4.92 Å². The first-order valence-electron chi connectivity index (χ1n) is 16.2. The Balaban J connectivity index is 1.21. The van der Waals surface area contributed by atoms with E-state index >= 15 is 0 Å². The molecule has 48 heavy (non-hydrogen) atoms. The minimum absolute atomic E-state index is 0.0241. The number of non-ortho nitro benzene ring substituents is 1. The van der Waals surface area contributed by atoms with Gasteiger partial charge in [-0.15, -0.1) is 0 Å². The van der Waals surface area contributed by atoms with Gasteiger partial charge >= 0.3 is 0 Å². The van der Waals surface area contributed by atoms with Gasteiger partial charge in [0.15, 0.2) is 0 Å². The molecule has 6 aromatic rings. The van der Waals surface area contributed by atoms with Crippen molar-refractivity contribution in [2.24, 2.45) is 10.2 Å². The Labute approximate surface area is 280 Å². The van der Waals surface area contributed by atoms with Gasteiger partial charge in [-0.3, -0.25) is 10.1 Å². The normalized spacial score (nSPS) is 14.7. The lowest BCUT2D eigenvalue weighted by atomic mass is 9.82. The fourth-order valence-corrected chi connectivity index (χ4v) is 7.53. The molecule has 2 aliphatic rings. The van der Waals surface area contributed by atoms with Gasteiger partial charge in [-0.05, 0) is 105 Å². The number of nitro benzene ring substituents is 1. The van der Waals surface area contributed by atoms with Crippen LogP contribution in [0.1, 0.15) is 49.9 Å². The summed E-state index contributed by atoms with van der Waals surface area (Å²) in [5, 5.41) is 19.7. The monoisotopic (exact) mass is 626 g/mol. The summed E-state index contributed by atoms with van der Waals surface area (Å²) in [4.78, 5) is 12.9. The van der Waals surface area contributed by atoms with Crippen LogP contribution in [0.4, 0.5) is 34.1 Å². The average Bonchev–Trinajstić information content (AvgIpc) is 3.47. The third-order valence-corrected chi connectivity index (χ3v) is 10.1. The number of azo groups is 1. The second-order valence-corrected chi connectivity index (χ2v) is 13.6. The zero-order valence-corrected chi connectivity index (χ0v) is 27.3. The summed E-state index contributed by atoms with van der Waals surface area (Å²) in [5.41, 5.74) is 14.7. The number of benzene rings is 6. The molecule has 0 N–H and O–H groups in total. The molecule has 0 radical (unpaired) electrons. The molecule has 8 rings (SSSR count). The molecule has 6 nitrogen and oxygen atoms in total. The van der Waals surface area contributed by atoms with E-state index < -0.39 is 4.92 Å². The number of nitro groups is 1. The number of anilines is 3. The molecule has 0 amide bonds. The van der Waals surface area contributed by atoms with Gasteiger partial charge < -0.3 is 4.90 Å².